The van der Waals surface area contributed by atoms with Crippen LogP contribution in [0.1, 0.15) is 20.3 Å². The molecule has 0 bridgehead atoms. The van der Waals surface area contributed by atoms with Gasteiger partial charge in [0, 0.05) is 12.6 Å². The zero-order chi connectivity index (χ0) is 8.10. The van der Waals surface area contributed by atoms with Crippen molar-refractivity contribution in [3.8, 4) is 0 Å². The second-order valence-electron chi connectivity index (χ2n) is 3.09. The lowest BCUT2D eigenvalue weighted by molar-refractivity contribution is -0.175. The molecule has 11 heavy (non-hydrogen) atoms. The molecule has 1 fully saturated rings. The van der Waals surface area contributed by atoms with Crippen LogP contribution >= 0.6 is 0 Å². The quantitative estimate of drug-likeness (QED) is 0.659. The fraction of sp³-hybridized carbons (Fsp3) is 1.00. The van der Waals surface area contributed by atoms with Crippen LogP contribution in [0.3, 0.4) is 0 Å². The Morgan fingerprint density at radius 2 is 2.00 bits per heavy atom. The first-order chi connectivity index (χ1) is 5.29. The molecule has 1 saturated heterocycles. The zero-order valence-electron chi connectivity index (χ0n) is 7.30. The van der Waals surface area contributed by atoms with Crippen molar-refractivity contribution >= 4 is 0 Å². The van der Waals surface area contributed by atoms with Gasteiger partial charge in [0.15, 0.2) is 6.29 Å². The second-order valence-corrected chi connectivity index (χ2v) is 3.09. The number of rotatable bonds is 3. The lowest BCUT2D eigenvalue weighted by Crippen LogP contribution is -2.37. The van der Waals surface area contributed by atoms with Gasteiger partial charge < -0.3 is 14.8 Å². The van der Waals surface area contributed by atoms with Crippen LogP contribution in [0.4, 0.5) is 0 Å². The van der Waals surface area contributed by atoms with Crippen LogP contribution in [0.25, 0.3) is 0 Å². The first kappa shape index (κ1) is 8.97. The van der Waals surface area contributed by atoms with E-state index in [1.165, 1.54) is 0 Å². The molecular weight excluding hydrogens is 142 g/mol. The molecule has 3 heteroatoms. The van der Waals surface area contributed by atoms with Crippen LogP contribution in [-0.4, -0.2) is 32.1 Å². The highest BCUT2D eigenvalue weighted by Gasteiger charge is 2.13. The summed E-state index contributed by atoms with van der Waals surface area (Å²) in [6.45, 7) is 6.71. The van der Waals surface area contributed by atoms with Crippen molar-refractivity contribution < 1.29 is 9.47 Å². The van der Waals surface area contributed by atoms with E-state index >= 15 is 0 Å². The first-order valence-electron chi connectivity index (χ1n) is 4.25. The molecule has 1 aliphatic rings. The van der Waals surface area contributed by atoms with Crippen molar-refractivity contribution in [2.45, 2.75) is 32.6 Å². The fourth-order valence-electron chi connectivity index (χ4n) is 0.986. The smallest absolute Gasteiger partial charge is 0.169 e. The molecule has 0 aromatic heterocycles. The van der Waals surface area contributed by atoms with Crippen molar-refractivity contribution in [1.82, 2.24) is 5.32 Å². The Hall–Kier alpha value is -0.120. The number of nitrogens with one attached hydrogen (secondary N) is 1. The molecule has 0 unspecified atom stereocenters. The second kappa shape index (κ2) is 4.70. The topological polar surface area (TPSA) is 30.5 Å². The van der Waals surface area contributed by atoms with Crippen molar-refractivity contribution in [1.29, 1.82) is 0 Å². The molecule has 0 amide bonds. The van der Waals surface area contributed by atoms with Crippen LogP contribution in [0.5, 0.6) is 0 Å². The van der Waals surface area contributed by atoms with E-state index in [1.54, 1.807) is 0 Å². The third-order valence-corrected chi connectivity index (χ3v) is 1.59. The van der Waals surface area contributed by atoms with Crippen LogP contribution in [-0.2, 0) is 9.47 Å². The van der Waals surface area contributed by atoms with E-state index in [2.05, 4.69) is 19.2 Å². The maximum atomic E-state index is 5.34. The Labute approximate surface area is 68.1 Å². The van der Waals surface area contributed by atoms with Crippen LogP contribution in [0.15, 0.2) is 0 Å². The summed E-state index contributed by atoms with van der Waals surface area (Å²) >= 11 is 0. The Morgan fingerprint density at radius 1 is 1.36 bits per heavy atom. The number of hydrogen-bond acceptors (Lipinski definition) is 3. The van der Waals surface area contributed by atoms with Crippen LogP contribution in [0, 0.1) is 0 Å². The van der Waals surface area contributed by atoms with E-state index < -0.39 is 0 Å². The first-order valence-corrected chi connectivity index (χ1v) is 4.25. The molecule has 0 atom stereocenters. The standard InChI is InChI=1S/C8H17NO2/c1-7(2)9-6-8-10-4-3-5-11-8/h7-9H,3-6H2,1-2H3. The molecule has 1 rings (SSSR count). The SMILES string of the molecule is CC(C)NCC1OCCCO1. The highest BCUT2D eigenvalue weighted by atomic mass is 16.7. The third-order valence-electron chi connectivity index (χ3n) is 1.59. The van der Waals surface area contributed by atoms with E-state index in [4.69, 9.17) is 9.47 Å². The van der Waals surface area contributed by atoms with Gasteiger partial charge in [-0.25, -0.2) is 0 Å². The van der Waals surface area contributed by atoms with Crippen molar-refractivity contribution in [3.05, 3.63) is 0 Å². The molecule has 0 radical (unpaired) electrons. The van der Waals surface area contributed by atoms with E-state index in [9.17, 15) is 0 Å². The lowest BCUT2D eigenvalue weighted by atomic mass is 10.4. The normalized spacial score (nSPS) is 21.0. The summed E-state index contributed by atoms with van der Waals surface area (Å²) in [6.07, 6.45) is 1.00. The molecule has 1 N–H and O–H groups in total. The Bertz CT molecular complexity index is 100. The summed E-state index contributed by atoms with van der Waals surface area (Å²) in [6, 6.07) is 0.504. The third kappa shape index (κ3) is 3.70. The van der Waals surface area contributed by atoms with Gasteiger partial charge in [-0.1, -0.05) is 13.8 Å². The fourth-order valence-corrected chi connectivity index (χ4v) is 0.986. The molecular formula is C8H17NO2. The molecule has 1 heterocycles. The molecule has 1 aliphatic heterocycles. The Morgan fingerprint density at radius 3 is 2.55 bits per heavy atom. The molecule has 0 aromatic rings. The maximum Gasteiger partial charge on any atom is 0.169 e. The predicted molar refractivity (Wildman–Crippen MR) is 43.4 cm³/mol. The lowest BCUT2D eigenvalue weighted by Gasteiger charge is -2.24. The minimum Gasteiger partial charge on any atom is -0.351 e. The minimum absolute atomic E-state index is 0.0221. The van der Waals surface area contributed by atoms with E-state index in [1.807, 2.05) is 0 Å². The van der Waals surface area contributed by atoms with Gasteiger partial charge >= 0.3 is 0 Å². The molecule has 0 aromatic carbocycles. The summed E-state index contributed by atoms with van der Waals surface area (Å²) in [5.41, 5.74) is 0. The van der Waals surface area contributed by atoms with Gasteiger partial charge in [0.2, 0.25) is 0 Å². The van der Waals surface area contributed by atoms with Crippen molar-refractivity contribution in [2.75, 3.05) is 19.8 Å². The predicted octanol–water partition coefficient (Wildman–Crippen LogP) is 0.747. The largest absolute Gasteiger partial charge is 0.351 e. The summed E-state index contributed by atoms with van der Waals surface area (Å²) < 4.78 is 10.7. The van der Waals surface area contributed by atoms with Crippen LogP contribution < -0.4 is 5.32 Å². The average molecular weight is 159 g/mol. The molecule has 3 nitrogen and oxygen atoms in total. The number of ether oxygens (including phenoxy) is 2. The van der Waals surface area contributed by atoms with Gasteiger partial charge in [-0.2, -0.15) is 0 Å². The molecule has 0 aliphatic carbocycles. The summed E-state index contributed by atoms with van der Waals surface area (Å²) in [7, 11) is 0. The Balaban J connectivity index is 2.05. The zero-order valence-corrected chi connectivity index (χ0v) is 7.30. The number of hydrogen-bond donors (Lipinski definition) is 1. The maximum absolute atomic E-state index is 5.34. The molecule has 66 valence electrons. The monoisotopic (exact) mass is 159 g/mol. The van der Waals surface area contributed by atoms with Gasteiger partial charge in [-0.15, -0.1) is 0 Å². The van der Waals surface area contributed by atoms with Gasteiger partial charge in [-0.3, -0.25) is 0 Å². The summed E-state index contributed by atoms with van der Waals surface area (Å²) in [4.78, 5) is 0. The highest BCUT2D eigenvalue weighted by Crippen LogP contribution is 2.03. The Kier molecular flexibility index (Phi) is 3.83. The van der Waals surface area contributed by atoms with Crippen LogP contribution in [0.2, 0.25) is 0 Å². The minimum atomic E-state index is -0.0221. The van der Waals surface area contributed by atoms with E-state index in [0.29, 0.717) is 6.04 Å². The van der Waals surface area contributed by atoms with E-state index in [-0.39, 0.29) is 6.29 Å². The highest BCUT2D eigenvalue weighted by molar-refractivity contribution is 4.58. The van der Waals surface area contributed by atoms with Gasteiger partial charge in [0.05, 0.1) is 13.2 Å². The van der Waals surface area contributed by atoms with E-state index in [0.717, 1.165) is 26.2 Å². The summed E-state index contributed by atoms with van der Waals surface area (Å²) in [5.74, 6) is 0. The van der Waals surface area contributed by atoms with Gasteiger partial charge in [0.25, 0.3) is 0 Å². The molecule has 0 saturated carbocycles. The summed E-state index contributed by atoms with van der Waals surface area (Å²) in [5, 5.41) is 3.27. The van der Waals surface area contributed by atoms with Crippen molar-refractivity contribution in [2.24, 2.45) is 0 Å². The van der Waals surface area contributed by atoms with Gasteiger partial charge in [-0.05, 0) is 6.42 Å². The molecule has 0 spiro atoms. The van der Waals surface area contributed by atoms with Gasteiger partial charge in [0.1, 0.15) is 0 Å². The average Bonchev–Trinajstić information content (AvgIpc) is 2.03. The van der Waals surface area contributed by atoms with Crippen molar-refractivity contribution in [3.63, 3.8) is 0 Å².